The first-order valence-corrected chi connectivity index (χ1v) is 11.1. The zero-order chi connectivity index (χ0) is 21.9. The van der Waals surface area contributed by atoms with E-state index in [4.69, 9.17) is 27.9 Å². The van der Waals surface area contributed by atoms with Crippen molar-refractivity contribution < 1.29 is 9.53 Å². The predicted octanol–water partition coefficient (Wildman–Crippen LogP) is 6.30. The summed E-state index contributed by atoms with van der Waals surface area (Å²) in [5, 5.41) is 4.88. The van der Waals surface area contributed by atoms with Gasteiger partial charge in [0, 0.05) is 33.3 Å². The van der Waals surface area contributed by atoms with Gasteiger partial charge in [-0.15, -0.1) is 0 Å². The molecule has 0 aliphatic carbocycles. The number of carbonyl (C=O) groups excluding carboxylic acids is 1. The van der Waals surface area contributed by atoms with E-state index in [9.17, 15) is 4.79 Å². The summed E-state index contributed by atoms with van der Waals surface area (Å²) in [7, 11) is 0. The fraction of sp³-hybridized carbons (Fsp3) is 0.318. The fourth-order valence-electron chi connectivity index (χ4n) is 3.09. The molecular weight excluding hydrogens is 489 g/mol. The molecule has 3 aromatic rings. The van der Waals surface area contributed by atoms with E-state index in [1.807, 2.05) is 32.9 Å². The zero-order valence-corrected chi connectivity index (χ0v) is 20.0. The van der Waals surface area contributed by atoms with E-state index in [2.05, 4.69) is 31.2 Å². The van der Waals surface area contributed by atoms with E-state index >= 15 is 0 Å². The third-order valence-corrected chi connectivity index (χ3v) is 5.55. The van der Waals surface area contributed by atoms with Gasteiger partial charge in [-0.05, 0) is 60.5 Å². The second-order valence-electron chi connectivity index (χ2n) is 7.50. The van der Waals surface area contributed by atoms with E-state index < -0.39 is 11.6 Å². The van der Waals surface area contributed by atoms with Gasteiger partial charge in [-0.3, -0.25) is 14.8 Å². The van der Waals surface area contributed by atoms with Gasteiger partial charge >= 0.3 is 0 Å². The second kappa shape index (κ2) is 9.50. The van der Waals surface area contributed by atoms with Crippen LogP contribution < -0.4 is 10.1 Å². The van der Waals surface area contributed by atoms with Gasteiger partial charge in [0.25, 0.3) is 5.91 Å². The van der Waals surface area contributed by atoms with Crippen LogP contribution in [-0.2, 0) is 10.3 Å². The summed E-state index contributed by atoms with van der Waals surface area (Å²) >= 11 is 15.9. The lowest BCUT2D eigenvalue weighted by Crippen LogP contribution is -2.48. The molecule has 0 fully saturated rings. The number of benzene rings is 1. The summed E-state index contributed by atoms with van der Waals surface area (Å²) in [4.78, 5) is 21.7. The zero-order valence-electron chi connectivity index (χ0n) is 16.9. The Morgan fingerprint density at radius 1 is 1.23 bits per heavy atom. The summed E-state index contributed by atoms with van der Waals surface area (Å²) in [5.41, 5.74) is 0.632. The highest BCUT2D eigenvalue weighted by atomic mass is 79.9. The first kappa shape index (κ1) is 22.8. The Balaban J connectivity index is 1.83. The molecule has 158 valence electrons. The third kappa shape index (κ3) is 5.42. The van der Waals surface area contributed by atoms with Gasteiger partial charge in [-0.25, -0.2) is 0 Å². The highest BCUT2D eigenvalue weighted by molar-refractivity contribution is 9.10. The van der Waals surface area contributed by atoms with Crippen LogP contribution in [-0.4, -0.2) is 22.0 Å². The molecule has 30 heavy (non-hydrogen) atoms. The molecular formula is C22H22BrCl2N3O2. The number of rotatable bonds is 7. The normalized spacial score (nSPS) is 12.6. The standard InChI is InChI=1S/C22H22BrCl2N3O2/c1-4-5-18(21(29)28-22(2,3)19-10-15(24)6-7-26-19)30-16-9-13-8-14(23)12-27-20(13)17(25)11-16/h6-12,18H,4-5H2,1-3H3,(H,28,29)/t18-/m1/s1. The average Bonchev–Trinajstić information content (AvgIpc) is 2.67. The van der Waals surface area contributed by atoms with E-state index in [-0.39, 0.29) is 5.91 Å². The first-order chi connectivity index (χ1) is 14.2. The molecule has 2 heterocycles. The predicted molar refractivity (Wildman–Crippen MR) is 124 cm³/mol. The molecule has 5 nitrogen and oxygen atoms in total. The molecule has 0 saturated carbocycles. The number of amides is 1. The summed E-state index contributed by atoms with van der Waals surface area (Å²) in [6, 6.07) is 8.86. The summed E-state index contributed by atoms with van der Waals surface area (Å²) in [6.07, 6.45) is 3.96. The first-order valence-electron chi connectivity index (χ1n) is 9.55. The number of hydrogen-bond donors (Lipinski definition) is 1. The number of nitrogens with one attached hydrogen (secondary N) is 1. The van der Waals surface area contributed by atoms with Crippen LogP contribution >= 0.6 is 39.1 Å². The Morgan fingerprint density at radius 3 is 2.70 bits per heavy atom. The molecule has 2 aromatic heterocycles. The number of aromatic nitrogens is 2. The van der Waals surface area contributed by atoms with Crippen LogP contribution in [0, 0.1) is 0 Å². The molecule has 1 atom stereocenters. The van der Waals surface area contributed by atoms with Gasteiger partial charge in [0.2, 0.25) is 0 Å². The van der Waals surface area contributed by atoms with Crippen LogP contribution in [0.1, 0.15) is 39.3 Å². The van der Waals surface area contributed by atoms with Crippen molar-refractivity contribution >= 4 is 55.9 Å². The van der Waals surface area contributed by atoms with Crippen LogP contribution in [0.25, 0.3) is 10.9 Å². The van der Waals surface area contributed by atoms with E-state index in [1.165, 1.54) is 0 Å². The highest BCUT2D eigenvalue weighted by Crippen LogP contribution is 2.30. The van der Waals surface area contributed by atoms with Crippen molar-refractivity contribution in [2.24, 2.45) is 0 Å². The molecule has 0 aliphatic rings. The van der Waals surface area contributed by atoms with Gasteiger partial charge < -0.3 is 10.1 Å². The molecule has 1 aromatic carbocycles. The van der Waals surface area contributed by atoms with Crippen LogP contribution in [0.5, 0.6) is 5.75 Å². The maximum absolute atomic E-state index is 13.1. The molecule has 0 radical (unpaired) electrons. The van der Waals surface area contributed by atoms with Crippen molar-refractivity contribution in [3.05, 3.63) is 62.9 Å². The Hall–Kier alpha value is -1.89. The van der Waals surface area contributed by atoms with Crippen molar-refractivity contribution in [3.63, 3.8) is 0 Å². The largest absolute Gasteiger partial charge is 0.481 e. The molecule has 0 bridgehead atoms. The lowest BCUT2D eigenvalue weighted by molar-refractivity contribution is -0.130. The van der Waals surface area contributed by atoms with E-state index in [0.717, 1.165) is 16.3 Å². The van der Waals surface area contributed by atoms with E-state index in [1.54, 1.807) is 30.6 Å². The molecule has 8 heteroatoms. The lowest BCUT2D eigenvalue weighted by atomic mass is 9.99. The maximum atomic E-state index is 13.1. The highest BCUT2D eigenvalue weighted by Gasteiger charge is 2.29. The van der Waals surface area contributed by atoms with Gasteiger partial charge in [0.1, 0.15) is 5.75 Å². The second-order valence-corrected chi connectivity index (χ2v) is 9.26. The molecule has 0 saturated heterocycles. The molecule has 1 amide bonds. The summed E-state index contributed by atoms with van der Waals surface area (Å²) in [6.45, 7) is 5.76. The number of fused-ring (bicyclic) bond motifs is 1. The van der Waals surface area contributed by atoms with Gasteiger partial charge in [-0.2, -0.15) is 0 Å². The van der Waals surface area contributed by atoms with Crippen LogP contribution in [0.15, 0.2) is 47.2 Å². The van der Waals surface area contributed by atoms with Crippen LogP contribution in [0.3, 0.4) is 0 Å². The number of halogens is 3. The van der Waals surface area contributed by atoms with Crippen LogP contribution in [0.2, 0.25) is 10.0 Å². The SMILES string of the molecule is CCC[C@@H](Oc1cc(Cl)c2ncc(Br)cc2c1)C(=O)NC(C)(C)c1cc(Cl)ccn1. The Labute approximate surface area is 194 Å². The van der Waals surface area contributed by atoms with Gasteiger partial charge in [0.15, 0.2) is 6.10 Å². The van der Waals surface area contributed by atoms with Gasteiger partial charge in [-0.1, -0.05) is 36.5 Å². The summed E-state index contributed by atoms with van der Waals surface area (Å²) < 4.78 is 6.90. The number of hydrogen-bond acceptors (Lipinski definition) is 4. The molecule has 1 N–H and O–H groups in total. The smallest absolute Gasteiger partial charge is 0.261 e. The molecule has 0 spiro atoms. The van der Waals surface area contributed by atoms with Crippen molar-refractivity contribution in [1.29, 1.82) is 0 Å². The topological polar surface area (TPSA) is 64.1 Å². The average molecular weight is 511 g/mol. The minimum atomic E-state index is -0.715. The van der Waals surface area contributed by atoms with Crippen molar-refractivity contribution in [1.82, 2.24) is 15.3 Å². The van der Waals surface area contributed by atoms with Crippen molar-refractivity contribution in [2.45, 2.75) is 45.3 Å². The minimum absolute atomic E-state index is 0.229. The lowest BCUT2D eigenvalue weighted by Gasteiger charge is -2.28. The van der Waals surface area contributed by atoms with Crippen LogP contribution in [0.4, 0.5) is 0 Å². The van der Waals surface area contributed by atoms with Gasteiger partial charge in [0.05, 0.1) is 21.8 Å². The monoisotopic (exact) mass is 509 g/mol. The van der Waals surface area contributed by atoms with E-state index in [0.29, 0.717) is 33.4 Å². The maximum Gasteiger partial charge on any atom is 0.261 e. The number of pyridine rings is 2. The summed E-state index contributed by atoms with van der Waals surface area (Å²) in [5.74, 6) is 0.284. The number of nitrogens with zero attached hydrogens (tertiary/aromatic N) is 2. The Kier molecular flexibility index (Phi) is 7.22. The van der Waals surface area contributed by atoms with Crippen molar-refractivity contribution in [3.8, 4) is 5.75 Å². The minimum Gasteiger partial charge on any atom is -0.481 e. The molecule has 0 aliphatic heterocycles. The Bertz CT molecular complexity index is 1080. The molecule has 3 rings (SSSR count). The van der Waals surface area contributed by atoms with Crippen molar-refractivity contribution in [2.75, 3.05) is 0 Å². The molecule has 0 unspecified atom stereocenters. The quantitative estimate of drug-likeness (QED) is 0.405. The number of ether oxygens (including phenoxy) is 1. The fourth-order valence-corrected chi connectivity index (χ4v) is 3.86. The Morgan fingerprint density at radius 2 is 2.00 bits per heavy atom. The number of carbonyl (C=O) groups is 1. The third-order valence-electron chi connectivity index (χ3n) is 4.60.